The highest BCUT2D eigenvalue weighted by Gasteiger charge is 2.16. The molecular formula is C17H16F3NO3. The monoisotopic (exact) mass is 339 g/mol. The topological polar surface area (TPSA) is 58.6 Å². The molecule has 24 heavy (non-hydrogen) atoms. The molecule has 7 heteroatoms. The van der Waals surface area contributed by atoms with Gasteiger partial charge in [0.15, 0.2) is 17.5 Å². The van der Waals surface area contributed by atoms with Crippen LogP contribution >= 0.6 is 0 Å². The Bertz CT molecular complexity index is 697. The number of carbonyl (C=O) groups is 1. The molecule has 0 radical (unpaired) electrons. The van der Waals surface area contributed by atoms with E-state index >= 15 is 0 Å². The fourth-order valence-electron chi connectivity index (χ4n) is 2.18. The molecule has 2 rings (SSSR count). The Labute approximate surface area is 136 Å². The number of halogens is 3. The van der Waals surface area contributed by atoms with Gasteiger partial charge in [-0.2, -0.15) is 0 Å². The Morgan fingerprint density at radius 2 is 1.75 bits per heavy atom. The third kappa shape index (κ3) is 4.12. The predicted octanol–water partition coefficient (Wildman–Crippen LogP) is 2.71. The van der Waals surface area contributed by atoms with Crippen LogP contribution in [0.15, 0.2) is 36.4 Å². The summed E-state index contributed by atoms with van der Waals surface area (Å²) in [5.74, 6) is -4.63. The van der Waals surface area contributed by atoms with Crippen LogP contribution in [0.25, 0.3) is 0 Å². The van der Waals surface area contributed by atoms with Gasteiger partial charge < -0.3 is 15.2 Å². The Balaban J connectivity index is 2.07. The van der Waals surface area contributed by atoms with Crippen LogP contribution < -0.4 is 5.32 Å². The third-order valence-corrected chi connectivity index (χ3v) is 3.52. The summed E-state index contributed by atoms with van der Waals surface area (Å²) < 4.78 is 44.2. The van der Waals surface area contributed by atoms with Gasteiger partial charge in [-0.25, -0.2) is 18.0 Å². The largest absolute Gasteiger partial charge is 0.465 e. The van der Waals surface area contributed by atoms with Crippen molar-refractivity contribution in [1.29, 1.82) is 0 Å². The summed E-state index contributed by atoms with van der Waals surface area (Å²) in [4.78, 5) is 11.3. The number of rotatable bonds is 6. The van der Waals surface area contributed by atoms with Crippen molar-refractivity contribution in [2.75, 3.05) is 13.7 Å². The van der Waals surface area contributed by atoms with Crippen LogP contribution in [0.3, 0.4) is 0 Å². The van der Waals surface area contributed by atoms with Crippen molar-refractivity contribution in [3.05, 3.63) is 70.5 Å². The second-order valence-electron chi connectivity index (χ2n) is 5.10. The van der Waals surface area contributed by atoms with E-state index in [0.29, 0.717) is 5.56 Å². The maximum Gasteiger partial charge on any atom is 0.337 e. The second-order valence-corrected chi connectivity index (χ2v) is 5.10. The molecule has 0 amide bonds. The van der Waals surface area contributed by atoms with Gasteiger partial charge in [0.05, 0.1) is 25.3 Å². The van der Waals surface area contributed by atoms with Crippen LogP contribution in [0, 0.1) is 17.5 Å². The van der Waals surface area contributed by atoms with Crippen molar-refractivity contribution in [3.63, 3.8) is 0 Å². The normalized spacial score (nSPS) is 12.0. The number of carbonyl (C=O) groups excluding carboxylic acids is 1. The first kappa shape index (κ1) is 18.0. The summed E-state index contributed by atoms with van der Waals surface area (Å²) in [6, 6.07) is 7.43. The highest BCUT2D eigenvalue weighted by atomic mass is 19.2. The molecule has 0 saturated carbocycles. The number of benzene rings is 2. The van der Waals surface area contributed by atoms with E-state index in [4.69, 9.17) is 0 Å². The first-order valence-electron chi connectivity index (χ1n) is 7.12. The van der Waals surface area contributed by atoms with E-state index in [1.807, 2.05) is 0 Å². The SMILES string of the molecule is COC(=O)c1ccc(CNC(CO)c2cc(F)c(F)c(F)c2)cc1. The Morgan fingerprint density at radius 1 is 1.17 bits per heavy atom. The lowest BCUT2D eigenvalue weighted by atomic mass is 10.1. The average molecular weight is 339 g/mol. The van der Waals surface area contributed by atoms with Gasteiger partial charge in [0, 0.05) is 6.54 Å². The second kappa shape index (κ2) is 7.94. The maximum absolute atomic E-state index is 13.3. The van der Waals surface area contributed by atoms with Crippen LogP contribution in [-0.2, 0) is 11.3 Å². The molecular weight excluding hydrogens is 323 g/mol. The summed E-state index contributed by atoms with van der Waals surface area (Å²) in [5.41, 5.74) is 1.27. The minimum Gasteiger partial charge on any atom is -0.465 e. The van der Waals surface area contributed by atoms with Crippen molar-refractivity contribution >= 4 is 5.97 Å². The highest BCUT2D eigenvalue weighted by Crippen LogP contribution is 2.20. The summed E-state index contributed by atoms with van der Waals surface area (Å²) in [7, 11) is 1.28. The predicted molar refractivity (Wildman–Crippen MR) is 80.8 cm³/mol. The lowest BCUT2D eigenvalue weighted by molar-refractivity contribution is 0.0600. The maximum atomic E-state index is 13.3. The number of esters is 1. The van der Waals surface area contributed by atoms with E-state index in [9.17, 15) is 23.1 Å². The number of nitrogens with one attached hydrogen (secondary N) is 1. The standard InChI is InChI=1S/C17H16F3NO3/c1-24-17(23)11-4-2-10(3-5-11)8-21-15(9-22)12-6-13(18)16(20)14(19)7-12/h2-7,15,21-22H,8-9H2,1H3. The lowest BCUT2D eigenvalue weighted by Crippen LogP contribution is -2.24. The molecule has 0 heterocycles. The number of hydrogen-bond donors (Lipinski definition) is 2. The van der Waals surface area contributed by atoms with Gasteiger partial charge in [0.1, 0.15) is 0 Å². The third-order valence-electron chi connectivity index (χ3n) is 3.52. The molecule has 4 nitrogen and oxygen atoms in total. The zero-order valence-electron chi connectivity index (χ0n) is 12.9. The molecule has 0 aliphatic rings. The minimum atomic E-state index is -1.55. The first-order valence-corrected chi connectivity index (χ1v) is 7.12. The molecule has 0 aliphatic heterocycles. The molecule has 1 unspecified atom stereocenters. The van der Waals surface area contributed by atoms with E-state index in [2.05, 4.69) is 10.1 Å². The van der Waals surface area contributed by atoms with E-state index in [-0.39, 0.29) is 12.1 Å². The Hall–Kier alpha value is -2.38. The van der Waals surface area contributed by atoms with Crippen molar-refractivity contribution in [3.8, 4) is 0 Å². The fourth-order valence-corrected chi connectivity index (χ4v) is 2.18. The molecule has 0 aliphatic carbocycles. The average Bonchev–Trinajstić information content (AvgIpc) is 2.60. The molecule has 2 aromatic rings. The van der Waals surface area contributed by atoms with Crippen molar-refractivity contribution in [2.24, 2.45) is 0 Å². The first-order chi connectivity index (χ1) is 11.5. The van der Waals surface area contributed by atoms with Crippen molar-refractivity contribution in [1.82, 2.24) is 5.32 Å². The summed E-state index contributed by atoms with van der Waals surface area (Å²) in [6.07, 6.45) is 0. The molecule has 0 fully saturated rings. The molecule has 1 atom stereocenters. The number of methoxy groups -OCH3 is 1. The van der Waals surface area contributed by atoms with Gasteiger partial charge in [-0.1, -0.05) is 12.1 Å². The Morgan fingerprint density at radius 3 is 2.25 bits per heavy atom. The lowest BCUT2D eigenvalue weighted by Gasteiger charge is -2.17. The number of aliphatic hydroxyl groups is 1. The molecule has 0 spiro atoms. The summed E-state index contributed by atoms with van der Waals surface area (Å²) in [5, 5.41) is 12.3. The zero-order chi connectivity index (χ0) is 17.7. The van der Waals surface area contributed by atoms with Crippen LogP contribution in [0.5, 0.6) is 0 Å². The highest BCUT2D eigenvalue weighted by molar-refractivity contribution is 5.89. The van der Waals surface area contributed by atoms with Crippen molar-refractivity contribution < 1.29 is 27.8 Å². The van der Waals surface area contributed by atoms with Gasteiger partial charge in [-0.3, -0.25) is 0 Å². The van der Waals surface area contributed by atoms with Crippen LogP contribution in [0.1, 0.15) is 27.5 Å². The van der Waals surface area contributed by atoms with E-state index in [0.717, 1.165) is 17.7 Å². The molecule has 128 valence electrons. The minimum absolute atomic E-state index is 0.0973. The van der Waals surface area contributed by atoms with Crippen molar-refractivity contribution in [2.45, 2.75) is 12.6 Å². The molecule has 0 saturated heterocycles. The van der Waals surface area contributed by atoms with E-state index in [1.165, 1.54) is 7.11 Å². The number of hydrogen-bond acceptors (Lipinski definition) is 4. The number of ether oxygens (including phenoxy) is 1. The fraction of sp³-hybridized carbons (Fsp3) is 0.235. The van der Waals surface area contributed by atoms with E-state index < -0.39 is 36.1 Å². The molecule has 0 aromatic heterocycles. The van der Waals surface area contributed by atoms with Crippen LogP contribution in [-0.4, -0.2) is 24.8 Å². The van der Waals surface area contributed by atoms with Gasteiger partial charge in [-0.15, -0.1) is 0 Å². The molecule has 2 N–H and O–H groups in total. The summed E-state index contributed by atoms with van der Waals surface area (Å²) >= 11 is 0. The van der Waals surface area contributed by atoms with Crippen LogP contribution in [0.2, 0.25) is 0 Å². The van der Waals surface area contributed by atoms with E-state index in [1.54, 1.807) is 24.3 Å². The quantitative estimate of drug-likeness (QED) is 0.628. The molecule has 0 bridgehead atoms. The van der Waals surface area contributed by atoms with Gasteiger partial charge >= 0.3 is 5.97 Å². The van der Waals surface area contributed by atoms with Gasteiger partial charge in [-0.05, 0) is 35.4 Å². The smallest absolute Gasteiger partial charge is 0.337 e. The van der Waals surface area contributed by atoms with Gasteiger partial charge in [0.2, 0.25) is 0 Å². The zero-order valence-corrected chi connectivity index (χ0v) is 12.9. The Kier molecular flexibility index (Phi) is 5.94. The molecule has 2 aromatic carbocycles. The van der Waals surface area contributed by atoms with Crippen LogP contribution in [0.4, 0.5) is 13.2 Å². The van der Waals surface area contributed by atoms with Gasteiger partial charge in [0.25, 0.3) is 0 Å². The number of aliphatic hydroxyl groups excluding tert-OH is 1. The summed E-state index contributed by atoms with van der Waals surface area (Å²) in [6.45, 7) is -0.155.